The molecule has 1 rings (SSSR count). The number of rotatable bonds is 8. The van der Waals surface area contributed by atoms with Gasteiger partial charge in [0.25, 0.3) is 0 Å². The molecule has 0 aromatic carbocycles. The number of aromatic carboxylic acids is 1. The number of hydrogen-bond donors (Lipinski definition) is 2. The Morgan fingerprint density at radius 2 is 2.29 bits per heavy atom. The number of carboxylic acid groups (broad SMARTS) is 1. The first-order valence-electron chi connectivity index (χ1n) is 5.67. The number of hydrogen-bond acceptors (Lipinski definition) is 5. The second kappa shape index (κ2) is 7.24. The van der Waals surface area contributed by atoms with Crippen LogP contribution in [-0.4, -0.2) is 35.8 Å². The van der Waals surface area contributed by atoms with Crippen LogP contribution in [0.1, 0.15) is 35.1 Å². The number of ether oxygens (including phenoxy) is 1. The minimum Gasteiger partial charge on any atom is -0.476 e. The highest BCUT2D eigenvalue weighted by Crippen LogP contribution is 2.21. The smallest absolute Gasteiger partial charge is 0.355 e. The average Bonchev–Trinajstić information content (AvgIpc) is 2.65. The van der Waals surface area contributed by atoms with Crippen molar-refractivity contribution in [2.75, 3.05) is 25.1 Å². The number of unbranched alkanes of at least 4 members (excludes halogenated alkanes) is 1. The Labute approximate surface area is 105 Å². The standard InChI is InChI=1S/C11H18N2O3S/c1-3-4-6-16-7-5-12-11-13-9(10(14)15)8(2)17-11/h3-7H2,1-2H3,(H,12,13)(H,14,15). The Morgan fingerprint density at radius 1 is 1.53 bits per heavy atom. The first-order chi connectivity index (χ1) is 8.15. The number of aromatic nitrogens is 1. The lowest BCUT2D eigenvalue weighted by Crippen LogP contribution is -2.10. The van der Waals surface area contributed by atoms with E-state index < -0.39 is 5.97 Å². The van der Waals surface area contributed by atoms with Crippen LogP contribution in [0.3, 0.4) is 0 Å². The van der Waals surface area contributed by atoms with Crippen LogP contribution < -0.4 is 5.32 Å². The highest BCUT2D eigenvalue weighted by atomic mass is 32.1. The number of thiazole rings is 1. The van der Waals surface area contributed by atoms with Crippen LogP contribution in [0.2, 0.25) is 0 Å². The van der Waals surface area contributed by atoms with Crippen molar-refractivity contribution in [3.63, 3.8) is 0 Å². The van der Waals surface area contributed by atoms with Gasteiger partial charge in [0.1, 0.15) is 0 Å². The molecular formula is C11H18N2O3S. The number of carbonyl (C=O) groups is 1. The molecule has 2 N–H and O–H groups in total. The maximum absolute atomic E-state index is 10.8. The molecule has 0 saturated carbocycles. The zero-order valence-electron chi connectivity index (χ0n) is 10.2. The molecule has 0 aliphatic carbocycles. The molecule has 17 heavy (non-hydrogen) atoms. The van der Waals surface area contributed by atoms with Crippen molar-refractivity contribution in [3.05, 3.63) is 10.6 Å². The van der Waals surface area contributed by atoms with E-state index in [2.05, 4.69) is 17.2 Å². The summed E-state index contributed by atoms with van der Waals surface area (Å²) >= 11 is 1.35. The SMILES string of the molecule is CCCCOCCNc1nc(C(=O)O)c(C)s1. The van der Waals surface area contributed by atoms with Gasteiger partial charge >= 0.3 is 5.97 Å². The quantitative estimate of drug-likeness (QED) is 0.700. The van der Waals surface area contributed by atoms with Gasteiger partial charge in [0, 0.05) is 18.0 Å². The van der Waals surface area contributed by atoms with E-state index in [9.17, 15) is 4.79 Å². The Hall–Kier alpha value is -1.14. The van der Waals surface area contributed by atoms with Crippen LogP contribution >= 0.6 is 11.3 Å². The van der Waals surface area contributed by atoms with Crippen molar-refractivity contribution in [2.24, 2.45) is 0 Å². The summed E-state index contributed by atoms with van der Waals surface area (Å²) in [5, 5.41) is 12.5. The first kappa shape index (κ1) is 13.9. The summed E-state index contributed by atoms with van der Waals surface area (Å²) in [4.78, 5) is 15.5. The molecule has 0 aliphatic heterocycles. The van der Waals surface area contributed by atoms with E-state index in [0.717, 1.165) is 19.4 Å². The molecule has 1 heterocycles. The molecule has 0 saturated heterocycles. The van der Waals surface area contributed by atoms with Crippen LogP contribution in [0.15, 0.2) is 0 Å². The second-order valence-electron chi connectivity index (χ2n) is 3.62. The van der Waals surface area contributed by atoms with Gasteiger partial charge in [-0.2, -0.15) is 0 Å². The molecule has 0 bridgehead atoms. The molecule has 5 nitrogen and oxygen atoms in total. The third-order valence-electron chi connectivity index (χ3n) is 2.16. The van der Waals surface area contributed by atoms with Crippen LogP contribution in [0.25, 0.3) is 0 Å². The summed E-state index contributed by atoms with van der Waals surface area (Å²) in [6, 6.07) is 0. The normalized spacial score (nSPS) is 10.5. The fourth-order valence-corrected chi connectivity index (χ4v) is 2.08. The molecule has 96 valence electrons. The van der Waals surface area contributed by atoms with Gasteiger partial charge in [-0.15, -0.1) is 11.3 Å². The molecule has 0 spiro atoms. The lowest BCUT2D eigenvalue weighted by atomic mass is 10.4. The van der Waals surface area contributed by atoms with Gasteiger partial charge in [0.2, 0.25) is 0 Å². The van der Waals surface area contributed by atoms with Gasteiger partial charge in [0.05, 0.1) is 6.61 Å². The van der Waals surface area contributed by atoms with Gasteiger partial charge < -0.3 is 15.2 Å². The minimum absolute atomic E-state index is 0.129. The first-order valence-corrected chi connectivity index (χ1v) is 6.49. The number of nitrogens with one attached hydrogen (secondary N) is 1. The van der Waals surface area contributed by atoms with Crippen LogP contribution in [-0.2, 0) is 4.74 Å². The number of carboxylic acids is 1. The summed E-state index contributed by atoms with van der Waals surface area (Å²) in [7, 11) is 0. The molecule has 0 atom stereocenters. The largest absolute Gasteiger partial charge is 0.476 e. The predicted octanol–water partition coefficient (Wildman–Crippen LogP) is 2.38. The Balaban J connectivity index is 2.27. The molecule has 1 aromatic rings. The monoisotopic (exact) mass is 258 g/mol. The Morgan fingerprint density at radius 3 is 2.88 bits per heavy atom. The molecule has 0 fully saturated rings. The van der Waals surface area contributed by atoms with Gasteiger partial charge in [-0.1, -0.05) is 13.3 Å². The summed E-state index contributed by atoms with van der Waals surface area (Å²) in [6.07, 6.45) is 2.20. The van der Waals surface area contributed by atoms with Crippen LogP contribution in [0.4, 0.5) is 5.13 Å². The highest BCUT2D eigenvalue weighted by molar-refractivity contribution is 7.15. The van der Waals surface area contributed by atoms with Crippen molar-refractivity contribution in [3.8, 4) is 0 Å². The maximum atomic E-state index is 10.8. The lowest BCUT2D eigenvalue weighted by Gasteiger charge is -2.03. The summed E-state index contributed by atoms with van der Waals surface area (Å²) < 4.78 is 5.38. The molecule has 0 amide bonds. The summed E-state index contributed by atoms with van der Waals surface area (Å²) in [5.74, 6) is -0.981. The minimum atomic E-state index is -0.981. The number of anilines is 1. The van der Waals surface area contributed by atoms with Crippen molar-refractivity contribution in [1.82, 2.24) is 4.98 Å². The van der Waals surface area contributed by atoms with E-state index in [1.54, 1.807) is 6.92 Å². The second-order valence-corrected chi connectivity index (χ2v) is 4.82. The van der Waals surface area contributed by atoms with Crippen molar-refractivity contribution < 1.29 is 14.6 Å². The van der Waals surface area contributed by atoms with Gasteiger partial charge in [-0.3, -0.25) is 0 Å². The predicted molar refractivity (Wildman–Crippen MR) is 68.0 cm³/mol. The third-order valence-corrected chi connectivity index (χ3v) is 3.09. The van der Waals surface area contributed by atoms with Crippen molar-refractivity contribution in [2.45, 2.75) is 26.7 Å². The van der Waals surface area contributed by atoms with Gasteiger partial charge in [-0.05, 0) is 13.3 Å². The Bertz CT molecular complexity index is 366. The van der Waals surface area contributed by atoms with Crippen molar-refractivity contribution >= 4 is 22.4 Å². The lowest BCUT2D eigenvalue weighted by molar-refractivity contribution is 0.0690. The zero-order valence-corrected chi connectivity index (χ0v) is 11.0. The van der Waals surface area contributed by atoms with Gasteiger partial charge in [-0.25, -0.2) is 9.78 Å². The topological polar surface area (TPSA) is 71.5 Å². The van der Waals surface area contributed by atoms with E-state index in [-0.39, 0.29) is 5.69 Å². The zero-order chi connectivity index (χ0) is 12.7. The summed E-state index contributed by atoms with van der Waals surface area (Å²) in [6.45, 7) is 5.91. The van der Waals surface area contributed by atoms with E-state index in [4.69, 9.17) is 9.84 Å². The van der Waals surface area contributed by atoms with E-state index in [0.29, 0.717) is 23.2 Å². The number of nitrogens with zero attached hydrogens (tertiary/aromatic N) is 1. The fourth-order valence-electron chi connectivity index (χ4n) is 1.25. The third kappa shape index (κ3) is 4.70. The molecule has 0 aliphatic rings. The molecular weight excluding hydrogens is 240 g/mol. The van der Waals surface area contributed by atoms with Crippen LogP contribution in [0.5, 0.6) is 0 Å². The highest BCUT2D eigenvalue weighted by Gasteiger charge is 2.13. The van der Waals surface area contributed by atoms with Crippen LogP contribution in [0, 0.1) is 6.92 Å². The Kier molecular flexibility index (Phi) is 5.93. The average molecular weight is 258 g/mol. The van der Waals surface area contributed by atoms with E-state index in [1.807, 2.05) is 0 Å². The van der Waals surface area contributed by atoms with E-state index >= 15 is 0 Å². The fraction of sp³-hybridized carbons (Fsp3) is 0.636. The summed E-state index contributed by atoms with van der Waals surface area (Å²) in [5.41, 5.74) is 0.129. The number of aryl methyl sites for hydroxylation is 1. The molecule has 0 radical (unpaired) electrons. The molecule has 0 unspecified atom stereocenters. The van der Waals surface area contributed by atoms with E-state index in [1.165, 1.54) is 11.3 Å². The maximum Gasteiger partial charge on any atom is 0.355 e. The molecule has 6 heteroatoms. The molecule has 1 aromatic heterocycles. The van der Waals surface area contributed by atoms with Crippen molar-refractivity contribution in [1.29, 1.82) is 0 Å². The van der Waals surface area contributed by atoms with Gasteiger partial charge in [0.15, 0.2) is 10.8 Å².